The number of hydrogen-bond donors (Lipinski definition) is 2. The number of ether oxygens (including phenoxy) is 1. The fourth-order valence-corrected chi connectivity index (χ4v) is 0.915. The average Bonchev–Trinajstić information content (AvgIpc) is 2.60. The zero-order chi connectivity index (χ0) is 10.4. The van der Waals surface area contributed by atoms with Crippen LogP contribution in [-0.4, -0.2) is 34.8 Å². The Bertz CT molecular complexity index is 299. The van der Waals surface area contributed by atoms with Crippen molar-refractivity contribution in [2.45, 2.75) is 6.92 Å². The van der Waals surface area contributed by atoms with Crippen LogP contribution in [0.15, 0.2) is 6.20 Å². The van der Waals surface area contributed by atoms with Crippen molar-refractivity contribution < 1.29 is 9.66 Å². The summed E-state index contributed by atoms with van der Waals surface area (Å²) in [7, 11) is 0. The van der Waals surface area contributed by atoms with Gasteiger partial charge < -0.3 is 20.2 Å². The Balaban J connectivity index is 2.42. The quantitative estimate of drug-likeness (QED) is 0.391. The van der Waals surface area contributed by atoms with Crippen molar-refractivity contribution in [3.05, 3.63) is 16.3 Å². The lowest BCUT2D eigenvalue weighted by Gasteiger charge is -2.03. The molecule has 1 aromatic heterocycles. The van der Waals surface area contributed by atoms with E-state index in [1.807, 2.05) is 6.92 Å². The maximum Gasteiger partial charge on any atom is 0.385 e. The highest BCUT2D eigenvalue weighted by Gasteiger charge is 2.15. The summed E-state index contributed by atoms with van der Waals surface area (Å²) in [6.07, 6.45) is 1.30. The van der Waals surface area contributed by atoms with Gasteiger partial charge >= 0.3 is 5.82 Å². The monoisotopic (exact) mass is 200 g/mol. The molecule has 0 atom stereocenters. The largest absolute Gasteiger partial charge is 0.483 e. The van der Waals surface area contributed by atoms with Crippen LogP contribution < -0.4 is 10.1 Å². The summed E-state index contributed by atoms with van der Waals surface area (Å²) in [4.78, 5) is 9.85. The molecule has 7 nitrogen and oxygen atoms in total. The number of likely N-dealkylation sites (N-methyl/N-ethyl adjacent to an activating group) is 1. The molecule has 2 N–H and O–H groups in total. The number of aromatic amines is 1. The number of nitro groups is 1. The van der Waals surface area contributed by atoms with Crippen molar-refractivity contribution in [2.24, 2.45) is 0 Å². The molecule has 0 unspecified atom stereocenters. The molecule has 7 heteroatoms. The molecular formula is C7H12N4O3. The number of hydrogen-bond acceptors (Lipinski definition) is 5. The van der Waals surface area contributed by atoms with Crippen molar-refractivity contribution in [1.82, 2.24) is 15.5 Å². The Morgan fingerprint density at radius 3 is 3.21 bits per heavy atom. The zero-order valence-electron chi connectivity index (χ0n) is 7.82. The van der Waals surface area contributed by atoms with E-state index in [0.717, 1.165) is 6.54 Å². The Labute approximate surface area is 80.6 Å². The number of nitrogens with zero attached hydrogens (tertiary/aromatic N) is 2. The van der Waals surface area contributed by atoms with Gasteiger partial charge in [0.2, 0.25) is 5.75 Å². The summed E-state index contributed by atoms with van der Waals surface area (Å²) in [5.41, 5.74) is 0. The Kier molecular flexibility index (Phi) is 3.86. The number of H-pyrrole nitrogens is 1. The van der Waals surface area contributed by atoms with Gasteiger partial charge in [-0.15, -0.1) is 5.10 Å². The molecule has 0 saturated heterocycles. The molecule has 0 amide bonds. The highest BCUT2D eigenvalue weighted by Crippen LogP contribution is 2.21. The lowest BCUT2D eigenvalue weighted by molar-refractivity contribution is -0.390. The van der Waals surface area contributed by atoms with E-state index in [0.29, 0.717) is 13.2 Å². The second kappa shape index (κ2) is 5.18. The van der Waals surface area contributed by atoms with Crippen molar-refractivity contribution in [3.8, 4) is 5.75 Å². The van der Waals surface area contributed by atoms with Gasteiger partial charge in [-0.2, -0.15) is 0 Å². The molecule has 0 spiro atoms. The molecule has 0 aromatic carbocycles. The van der Waals surface area contributed by atoms with E-state index in [2.05, 4.69) is 15.5 Å². The predicted molar refractivity (Wildman–Crippen MR) is 49.3 cm³/mol. The third kappa shape index (κ3) is 2.70. The van der Waals surface area contributed by atoms with Crippen LogP contribution >= 0.6 is 0 Å². The van der Waals surface area contributed by atoms with Crippen LogP contribution in [0.1, 0.15) is 6.92 Å². The first kappa shape index (κ1) is 10.5. The van der Waals surface area contributed by atoms with Gasteiger partial charge in [0, 0.05) is 6.54 Å². The highest BCUT2D eigenvalue weighted by molar-refractivity contribution is 5.36. The fraction of sp³-hybridized carbons (Fsp3) is 0.571. The molecular weight excluding hydrogens is 188 g/mol. The van der Waals surface area contributed by atoms with E-state index in [-0.39, 0.29) is 11.6 Å². The van der Waals surface area contributed by atoms with Crippen molar-refractivity contribution in [3.63, 3.8) is 0 Å². The van der Waals surface area contributed by atoms with Crippen LogP contribution in [0.2, 0.25) is 0 Å². The third-order valence-corrected chi connectivity index (χ3v) is 1.55. The molecule has 78 valence electrons. The minimum atomic E-state index is -0.560. The van der Waals surface area contributed by atoms with Gasteiger partial charge in [-0.25, -0.2) is 0 Å². The number of aromatic nitrogens is 2. The highest BCUT2D eigenvalue weighted by atomic mass is 16.6. The van der Waals surface area contributed by atoms with Crippen LogP contribution in [0.3, 0.4) is 0 Å². The molecule has 0 bridgehead atoms. The fourth-order valence-electron chi connectivity index (χ4n) is 0.915. The summed E-state index contributed by atoms with van der Waals surface area (Å²) in [5, 5.41) is 19.2. The molecule has 0 saturated carbocycles. The molecule has 0 aliphatic carbocycles. The second-order valence-corrected chi connectivity index (χ2v) is 2.54. The topological polar surface area (TPSA) is 93.1 Å². The second-order valence-electron chi connectivity index (χ2n) is 2.54. The minimum Gasteiger partial charge on any atom is -0.483 e. The van der Waals surface area contributed by atoms with Crippen molar-refractivity contribution in [2.75, 3.05) is 19.7 Å². The number of rotatable bonds is 6. The average molecular weight is 200 g/mol. The zero-order valence-corrected chi connectivity index (χ0v) is 7.82. The van der Waals surface area contributed by atoms with Crippen LogP contribution in [0.25, 0.3) is 0 Å². The lowest BCUT2D eigenvalue weighted by Crippen LogP contribution is -2.20. The van der Waals surface area contributed by atoms with Crippen LogP contribution in [0.4, 0.5) is 5.82 Å². The van der Waals surface area contributed by atoms with Crippen LogP contribution in [0.5, 0.6) is 5.75 Å². The van der Waals surface area contributed by atoms with E-state index in [1.54, 1.807) is 0 Å². The normalized spacial score (nSPS) is 10.1. The van der Waals surface area contributed by atoms with Gasteiger partial charge in [-0.3, -0.25) is 0 Å². The van der Waals surface area contributed by atoms with E-state index in [9.17, 15) is 10.1 Å². The van der Waals surface area contributed by atoms with E-state index >= 15 is 0 Å². The molecule has 1 aromatic rings. The summed E-state index contributed by atoms with van der Waals surface area (Å²) >= 11 is 0. The predicted octanol–water partition coefficient (Wildman–Crippen LogP) is 0.306. The lowest BCUT2D eigenvalue weighted by atomic mass is 10.5. The SMILES string of the molecule is CCNCCOc1cn[nH]c1[N+](=O)[O-]. The van der Waals surface area contributed by atoms with Gasteiger partial charge in [0.15, 0.2) is 0 Å². The van der Waals surface area contributed by atoms with Crippen LogP contribution in [-0.2, 0) is 0 Å². The number of nitrogens with one attached hydrogen (secondary N) is 2. The molecule has 0 fully saturated rings. The van der Waals surface area contributed by atoms with Gasteiger partial charge in [-0.05, 0) is 11.5 Å². The summed E-state index contributed by atoms with van der Waals surface area (Å²) in [6, 6.07) is 0. The summed E-state index contributed by atoms with van der Waals surface area (Å²) < 4.78 is 5.14. The van der Waals surface area contributed by atoms with Crippen molar-refractivity contribution >= 4 is 5.82 Å². The molecule has 14 heavy (non-hydrogen) atoms. The minimum absolute atomic E-state index is 0.174. The first-order chi connectivity index (χ1) is 6.75. The van der Waals surface area contributed by atoms with Crippen molar-refractivity contribution in [1.29, 1.82) is 0 Å². The maximum absolute atomic E-state index is 10.4. The third-order valence-electron chi connectivity index (χ3n) is 1.55. The molecule has 1 heterocycles. The van der Waals surface area contributed by atoms with E-state index in [1.165, 1.54) is 6.20 Å². The molecule has 1 rings (SSSR count). The molecule has 0 radical (unpaired) electrons. The van der Waals surface area contributed by atoms with Gasteiger partial charge in [-0.1, -0.05) is 12.0 Å². The van der Waals surface area contributed by atoms with Gasteiger partial charge in [0.25, 0.3) is 0 Å². The summed E-state index contributed by atoms with van der Waals surface area (Å²) in [5.74, 6) is -0.0330. The first-order valence-electron chi connectivity index (χ1n) is 4.27. The Morgan fingerprint density at radius 1 is 1.79 bits per heavy atom. The van der Waals surface area contributed by atoms with Crippen LogP contribution in [0, 0.1) is 10.1 Å². The van der Waals surface area contributed by atoms with Gasteiger partial charge in [0.1, 0.15) is 12.8 Å². The Morgan fingerprint density at radius 2 is 2.57 bits per heavy atom. The first-order valence-corrected chi connectivity index (χ1v) is 4.27. The van der Waals surface area contributed by atoms with Gasteiger partial charge in [0.05, 0.1) is 0 Å². The smallest absolute Gasteiger partial charge is 0.385 e. The Hall–Kier alpha value is -1.63. The standard InChI is InChI=1S/C7H12N4O3/c1-2-8-3-4-14-6-5-9-10-7(6)11(12)13/h5,8H,2-4H2,1H3,(H,9,10). The molecule has 0 aliphatic heterocycles. The summed E-state index contributed by atoms with van der Waals surface area (Å²) in [6.45, 7) is 3.85. The van der Waals surface area contributed by atoms with E-state index < -0.39 is 4.92 Å². The molecule has 0 aliphatic rings. The maximum atomic E-state index is 10.4. The van der Waals surface area contributed by atoms with E-state index in [4.69, 9.17) is 4.74 Å².